The van der Waals surface area contributed by atoms with Crippen LogP contribution in [-0.2, 0) is 11.3 Å². The summed E-state index contributed by atoms with van der Waals surface area (Å²) in [5, 5.41) is 6.82. The van der Waals surface area contributed by atoms with E-state index in [1.165, 1.54) is 51.4 Å². The van der Waals surface area contributed by atoms with E-state index in [2.05, 4.69) is 40.4 Å². The molecule has 0 bridgehead atoms. The van der Waals surface area contributed by atoms with Crippen LogP contribution in [0, 0.1) is 5.92 Å². The number of halogens is 1. The number of rotatable bonds is 14. The minimum Gasteiger partial charge on any atom is -0.369 e. The smallest absolute Gasteiger partial charge is 0.220 e. The molecule has 1 aliphatic rings. The van der Waals surface area contributed by atoms with Gasteiger partial charge in [0.2, 0.25) is 5.91 Å². The Balaban J connectivity index is 0.00000544. The van der Waals surface area contributed by atoms with Crippen molar-refractivity contribution < 1.29 is 4.79 Å². The number of hydrogen-bond donors (Lipinski definition) is 3. The van der Waals surface area contributed by atoms with Crippen LogP contribution in [-0.4, -0.2) is 43.0 Å². The van der Waals surface area contributed by atoms with Crippen LogP contribution in [0.4, 0.5) is 5.82 Å². The van der Waals surface area contributed by atoms with Gasteiger partial charge in [-0.05, 0) is 32.3 Å². The number of aromatic nitrogens is 1. The number of unbranched alkanes of at least 4 members (excludes halogenated alkanes) is 7. The van der Waals surface area contributed by atoms with Crippen molar-refractivity contribution >= 4 is 41.7 Å². The molecule has 33 heavy (non-hydrogen) atoms. The van der Waals surface area contributed by atoms with E-state index in [-0.39, 0.29) is 35.8 Å². The highest BCUT2D eigenvalue weighted by molar-refractivity contribution is 14.0. The molecule has 188 valence electrons. The van der Waals surface area contributed by atoms with Crippen LogP contribution in [0.1, 0.15) is 83.6 Å². The summed E-state index contributed by atoms with van der Waals surface area (Å²) in [6.45, 7) is 8.32. The van der Waals surface area contributed by atoms with Crippen LogP contribution in [0.3, 0.4) is 0 Å². The van der Waals surface area contributed by atoms with Crippen molar-refractivity contribution in [2.24, 2.45) is 16.6 Å². The second-order valence-electron chi connectivity index (χ2n) is 8.75. The van der Waals surface area contributed by atoms with E-state index in [0.29, 0.717) is 6.54 Å². The molecule has 1 aromatic rings. The van der Waals surface area contributed by atoms with Gasteiger partial charge in [-0.15, -0.1) is 24.0 Å². The molecule has 0 spiro atoms. The van der Waals surface area contributed by atoms with E-state index >= 15 is 0 Å². The van der Waals surface area contributed by atoms with Gasteiger partial charge in [0.05, 0.1) is 6.54 Å². The summed E-state index contributed by atoms with van der Waals surface area (Å²) < 4.78 is 0. The van der Waals surface area contributed by atoms with Crippen LogP contribution >= 0.6 is 24.0 Å². The normalized spacial score (nSPS) is 14.6. The van der Waals surface area contributed by atoms with Crippen LogP contribution in [0.5, 0.6) is 0 Å². The van der Waals surface area contributed by atoms with Crippen molar-refractivity contribution in [2.75, 3.05) is 31.1 Å². The summed E-state index contributed by atoms with van der Waals surface area (Å²) in [6, 6.07) is 4.06. The Hall–Kier alpha value is -1.58. The Bertz CT molecular complexity index is 691. The Morgan fingerprint density at radius 1 is 1.09 bits per heavy atom. The zero-order chi connectivity index (χ0) is 23.0. The number of nitrogens with one attached hydrogen (secondary N) is 2. The minimum atomic E-state index is -0.187. The third kappa shape index (κ3) is 11.4. The van der Waals surface area contributed by atoms with E-state index in [1.807, 2.05) is 12.3 Å². The molecule has 0 aromatic carbocycles. The van der Waals surface area contributed by atoms with Crippen molar-refractivity contribution in [3.63, 3.8) is 0 Å². The molecule has 8 heteroatoms. The molecule has 4 N–H and O–H groups in total. The molecule has 1 amide bonds. The maximum absolute atomic E-state index is 11.5. The highest BCUT2D eigenvalue weighted by atomic mass is 127. The van der Waals surface area contributed by atoms with Gasteiger partial charge in [-0.1, -0.05) is 57.9 Å². The standard InChI is InChI=1S/C25H44N6O.HI/c1-3-5-6-7-8-9-10-11-16-29-25(27-4-2)30-20-22-13-12-17-28-24(22)31-18-14-21(15-19-31)23(26)32;/h12-13,17,21H,3-11,14-16,18-20H2,1-2H3,(H2,26,32)(H2,27,29,30);1H. The van der Waals surface area contributed by atoms with E-state index in [0.717, 1.165) is 56.4 Å². The summed E-state index contributed by atoms with van der Waals surface area (Å²) in [7, 11) is 0. The first-order valence-corrected chi connectivity index (χ1v) is 12.7. The molecular weight excluding hydrogens is 527 g/mol. The second-order valence-corrected chi connectivity index (χ2v) is 8.75. The first-order valence-electron chi connectivity index (χ1n) is 12.7. The maximum atomic E-state index is 11.5. The summed E-state index contributed by atoms with van der Waals surface area (Å²) in [5.41, 5.74) is 6.58. The molecule has 1 aliphatic heterocycles. The molecule has 1 fully saturated rings. The number of nitrogens with two attached hydrogens (primary N) is 1. The number of anilines is 1. The quantitative estimate of drug-likeness (QED) is 0.131. The average molecular weight is 573 g/mol. The Labute approximate surface area is 217 Å². The van der Waals surface area contributed by atoms with Gasteiger partial charge in [0, 0.05) is 43.9 Å². The minimum absolute atomic E-state index is 0. The Morgan fingerprint density at radius 3 is 2.39 bits per heavy atom. The van der Waals surface area contributed by atoms with Crippen LogP contribution in [0.25, 0.3) is 0 Å². The SMILES string of the molecule is CCCCCCCCCCNC(=NCc1cccnc1N1CCC(C(N)=O)CC1)NCC.I. The monoisotopic (exact) mass is 572 g/mol. The fourth-order valence-electron chi connectivity index (χ4n) is 4.19. The zero-order valence-corrected chi connectivity index (χ0v) is 23.0. The first kappa shape index (κ1) is 29.5. The van der Waals surface area contributed by atoms with Crippen molar-refractivity contribution in [3.05, 3.63) is 23.9 Å². The van der Waals surface area contributed by atoms with E-state index in [4.69, 9.17) is 10.7 Å². The number of guanidine groups is 1. The number of nitrogens with zero attached hydrogens (tertiary/aromatic N) is 3. The van der Waals surface area contributed by atoms with Gasteiger partial charge in [-0.3, -0.25) is 4.79 Å². The lowest BCUT2D eigenvalue weighted by Gasteiger charge is -2.32. The fraction of sp³-hybridized carbons (Fsp3) is 0.720. The second kappa shape index (κ2) is 17.8. The lowest BCUT2D eigenvalue weighted by Crippen LogP contribution is -2.39. The number of amides is 1. The molecule has 0 atom stereocenters. The van der Waals surface area contributed by atoms with Crippen LogP contribution < -0.4 is 21.3 Å². The Morgan fingerprint density at radius 2 is 1.76 bits per heavy atom. The molecule has 1 aromatic heterocycles. The number of carbonyl (C=O) groups is 1. The third-order valence-electron chi connectivity index (χ3n) is 6.14. The van der Waals surface area contributed by atoms with E-state index < -0.39 is 0 Å². The summed E-state index contributed by atoms with van der Waals surface area (Å²) in [4.78, 5) is 23.1. The van der Waals surface area contributed by atoms with E-state index in [1.54, 1.807) is 0 Å². The number of pyridine rings is 1. The molecule has 1 saturated heterocycles. The highest BCUT2D eigenvalue weighted by Crippen LogP contribution is 2.24. The third-order valence-corrected chi connectivity index (χ3v) is 6.14. The lowest BCUT2D eigenvalue weighted by atomic mass is 9.96. The van der Waals surface area contributed by atoms with Gasteiger partial charge in [-0.2, -0.15) is 0 Å². The predicted octanol–water partition coefficient (Wildman–Crippen LogP) is 4.60. The van der Waals surface area contributed by atoms with Gasteiger partial charge in [-0.25, -0.2) is 9.98 Å². The topological polar surface area (TPSA) is 95.6 Å². The molecule has 7 nitrogen and oxygen atoms in total. The number of carbonyl (C=O) groups excluding carboxylic acids is 1. The molecule has 0 radical (unpaired) electrons. The van der Waals surface area contributed by atoms with Gasteiger partial charge >= 0.3 is 0 Å². The van der Waals surface area contributed by atoms with Gasteiger partial charge in [0.1, 0.15) is 5.82 Å². The molecule has 2 heterocycles. The van der Waals surface area contributed by atoms with Crippen molar-refractivity contribution in [1.82, 2.24) is 15.6 Å². The summed E-state index contributed by atoms with van der Waals surface area (Å²) >= 11 is 0. The molecular formula is C25H45IN6O. The highest BCUT2D eigenvalue weighted by Gasteiger charge is 2.24. The average Bonchev–Trinajstić information content (AvgIpc) is 2.81. The number of primary amides is 1. The zero-order valence-electron chi connectivity index (χ0n) is 20.7. The van der Waals surface area contributed by atoms with Crippen molar-refractivity contribution in [1.29, 1.82) is 0 Å². The van der Waals surface area contributed by atoms with Gasteiger partial charge in [0.25, 0.3) is 0 Å². The maximum Gasteiger partial charge on any atom is 0.220 e. The number of aliphatic imine (C=N–C) groups is 1. The predicted molar refractivity (Wildman–Crippen MR) is 149 cm³/mol. The van der Waals surface area contributed by atoms with E-state index in [9.17, 15) is 4.79 Å². The van der Waals surface area contributed by atoms with Gasteiger partial charge < -0.3 is 21.3 Å². The van der Waals surface area contributed by atoms with Crippen molar-refractivity contribution in [3.8, 4) is 0 Å². The number of piperidine rings is 1. The largest absolute Gasteiger partial charge is 0.369 e. The van der Waals surface area contributed by atoms with Crippen LogP contribution in [0.2, 0.25) is 0 Å². The molecule has 0 aliphatic carbocycles. The first-order chi connectivity index (χ1) is 15.7. The fourth-order valence-corrected chi connectivity index (χ4v) is 4.19. The summed E-state index contributed by atoms with van der Waals surface area (Å²) in [6.07, 6.45) is 14.0. The summed E-state index contributed by atoms with van der Waals surface area (Å²) in [5.74, 6) is 1.63. The molecule has 0 unspecified atom stereocenters. The van der Waals surface area contributed by atoms with Crippen molar-refractivity contribution in [2.45, 2.75) is 84.6 Å². The number of hydrogen-bond acceptors (Lipinski definition) is 4. The Kier molecular flexibility index (Phi) is 15.9. The van der Waals surface area contributed by atoms with Gasteiger partial charge in [0.15, 0.2) is 5.96 Å². The molecule has 0 saturated carbocycles. The molecule has 2 rings (SSSR count). The van der Waals surface area contributed by atoms with Crippen LogP contribution in [0.15, 0.2) is 23.3 Å². The lowest BCUT2D eigenvalue weighted by molar-refractivity contribution is -0.122.